The minimum atomic E-state index is -0.756. The highest BCUT2D eigenvalue weighted by Crippen LogP contribution is 2.28. The summed E-state index contributed by atoms with van der Waals surface area (Å²) in [6, 6.07) is 7.32. The highest BCUT2D eigenvalue weighted by Gasteiger charge is 2.20. The number of amides is 2. The van der Waals surface area contributed by atoms with Gasteiger partial charge in [-0.05, 0) is 25.5 Å². The number of nitrogens with zero attached hydrogens (tertiary/aromatic N) is 5. The largest absolute Gasteiger partial charge is 0.448 e. The summed E-state index contributed by atoms with van der Waals surface area (Å²) in [5, 5.41) is 7.07. The Kier molecular flexibility index (Phi) is 8.18. The van der Waals surface area contributed by atoms with E-state index in [1.807, 2.05) is 32.0 Å². The second-order valence-corrected chi connectivity index (χ2v) is 9.63. The number of thiazole rings is 1. The number of primary amides is 1. The summed E-state index contributed by atoms with van der Waals surface area (Å²) in [5.41, 5.74) is 6.48. The first-order valence-corrected chi connectivity index (χ1v) is 12.5. The average molecular weight is 531 g/mol. The van der Waals surface area contributed by atoms with Crippen LogP contribution in [0.4, 0.5) is 27.2 Å². The summed E-state index contributed by atoms with van der Waals surface area (Å²) in [6.45, 7) is 7.80. The third-order valence-electron chi connectivity index (χ3n) is 5.60. The first-order chi connectivity index (χ1) is 17.3. The molecule has 1 saturated heterocycles. The maximum atomic E-state index is 12.7. The van der Waals surface area contributed by atoms with Gasteiger partial charge in [0.15, 0.2) is 5.13 Å². The number of benzene rings is 1. The molecule has 3 aromatic rings. The average Bonchev–Trinajstić information content (AvgIpc) is 3.30. The molecule has 0 radical (unpaired) electrons. The molecule has 0 unspecified atom stereocenters. The molecular weight excluding hydrogens is 504 g/mol. The number of anilines is 4. The van der Waals surface area contributed by atoms with Crippen LogP contribution in [-0.4, -0.2) is 71.2 Å². The van der Waals surface area contributed by atoms with Gasteiger partial charge >= 0.3 is 6.09 Å². The first-order valence-electron chi connectivity index (χ1n) is 11.3. The number of rotatable bonds is 8. The van der Waals surface area contributed by atoms with E-state index in [-0.39, 0.29) is 12.5 Å². The van der Waals surface area contributed by atoms with Crippen LogP contribution in [-0.2, 0) is 4.74 Å². The quantitative estimate of drug-likeness (QED) is 0.399. The molecule has 1 aliphatic rings. The van der Waals surface area contributed by atoms with E-state index in [1.54, 1.807) is 6.07 Å². The van der Waals surface area contributed by atoms with E-state index in [2.05, 4.69) is 35.4 Å². The van der Waals surface area contributed by atoms with Gasteiger partial charge in [-0.25, -0.2) is 19.7 Å². The maximum absolute atomic E-state index is 12.7. The fourth-order valence-electron chi connectivity index (χ4n) is 3.77. The normalized spacial score (nSPS) is 13.9. The number of ether oxygens (including phenoxy) is 1. The molecule has 2 aromatic heterocycles. The van der Waals surface area contributed by atoms with Gasteiger partial charge in [0.05, 0.1) is 16.9 Å². The molecule has 190 valence electrons. The van der Waals surface area contributed by atoms with Crippen LogP contribution in [0.3, 0.4) is 0 Å². The Labute approximate surface area is 217 Å². The number of carbonyl (C=O) groups is 2. The van der Waals surface area contributed by atoms with Crippen molar-refractivity contribution in [3.63, 3.8) is 0 Å². The van der Waals surface area contributed by atoms with Gasteiger partial charge in [0, 0.05) is 38.8 Å². The standard InChI is InChI=1S/C23H27ClN8O3S/c1-14-4-3-5-16(24)20(14)30-21(33)17-13-26-23(36-17)29-18-12-19(28-15(2)27-18)32-8-6-31(7-9-32)10-11-35-22(25)34/h3-5,12-13H,6-11H2,1-2H3,(H2,25,34)(H,30,33)(H,26,27,28,29). The van der Waals surface area contributed by atoms with Gasteiger partial charge in [0.2, 0.25) is 0 Å². The Morgan fingerprint density at radius 2 is 1.97 bits per heavy atom. The van der Waals surface area contributed by atoms with Gasteiger partial charge in [-0.2, -0.15) is 0 Å². The molecule has 4 N–H and O–H groups in total. The summed E-state index contributed by atoms with van der Waals surface area (Å²) < 4.78 is 4.82. The van der Waals surface area contributed by atoms with Crippen LogP contribution in [0.1, 0.15) is 21.1 Å². The molecule has 13 heteroatoms. The Morgan fingerprint density at radius 1 is 1.19 bits per heavy atom. The van der Waals surface area contributed by atoms with Crippen molar-refractivity contribution in [2.45, 2.75) is 13.8 Å². The summed E-state index contributed by atoms with van der Waals surface area (Å²) in [6.07, 6.45) is 0.763. The molecule has 36 heavy (non-hydrogen) atoms. The second kappa shape index (κ2) is 11.5. The molecule has 1 aromatic carbocycles. The molecule has 4 rings (SSSR count). The Bertz CT molecular complexity index is 1230. The summed E-state index contributed by atoms with van der Waals surface area (Å²) >= 11 is 7.45. The number of hydrogen-bond acceptors (Lipinski definition) is 10. The zero-order valence-corrected chi connectivity index (χ0v) is 21.5. The number of nitrogens with one attached hydrogen (secondary N) is 2. The number of halogens is 1. The minimum Gasteiger partial charge on any atom is -0.448 e. The highest BCUT2D eigenvalue weighted by molar-refractivity contribution is 7.17. The van der Waals surface area contributed by atoms with Crippen molar-refractivity contribution in [1.82, 2.24) is 19.9 Å². The second-order valence-electron chi connectivity index (χ2n) is 8.20. The number of hydrogen-bond donors (Lipinski definition) is 3. The van der Waals surface area contributed by atoms with Crippen molar-refractivity contribution < 1.29 is 14.3 Å². The first kappa shape index (κ1) is 25.6. The Hall–Kier alpha value is -3.48. The van der Waals surface area contributed by atoms with E-state index in [1.165, 1.54) is 17.5 Å². The molecule has 0 spiro atoms. The lowest BCUT2D eigenvalue weighted by Crippen LogP contribution is -2.47. The fourth-order valence-corrected chi connectivity index (χ4v) is 4.75. The van der Waals surface area contributed by atoms with Crippen LogP contribution < -0.4 is 21.3 Å². The van der Waals surface area contributed by atoms with Crippen LogP contribution in [0.2, 0.25) is 5.02 Å². The summed E-state index contributed by atoms with van der Waals surface area (Å²) in [4.78, 5) is 41.7. The van der Waals surface area contributed by atoms with E-state index in [9.17, 15) is 9.59 Å². The van der Waals surface area contributed by atoms with E-state index in [0.717, 1.165) is 37.6 Å². The van der Waals surface area contributed by atoms with E-state index in [0.29, 0.717) is 38.9 Å². The molecule has 0 aliphatic carbocycles. The van der Waals surface area contributed by atoms with Crippen LogP contribution in [0.5, 0.6) is 0 Å². The maximum Gasteiger partial charge on any atom is 0.404 e. The molecule has 2 amide bonds. The van der Waals surface area contributed by atoms with Crippen LogP contribution in [0, 0.1) is 13.8 Å². The monoisotopic (exact) mass is 530 g/mol. The topological polar surface area (TPSA) is 139 Å². The number of carbonyl (C=O) groups excluding carboxylic acids is 2. The van der Waals surface area contributed by atoms with Crippen molar-refractivity contribution in [1.29, 1.82) is 0 Å². The fraction of sp³-hybridized carbons (Fsp3) is 0.348. The van der Waals surface area contributed by atoms with Crippen LogP contribution in [0.25, 0.3) is 0 Å². The van der Waals surface area contributed by atoms with Gasteiger partial charge in [-0.1, -0.05) is 35.1 Å². The molecule has 0 bridgehead atoms. The van der Waals surface area contributed by atoms with Crippen molar-refractivity contribution in [2.75, 3.05) is 54.9 Å². The van der Waals surface area contributed by atoms with Crippen LogP contribution >= 0.6 is 22.9 Å². The van der Waals surface area contributed by atoms with Gasteiger partial charge in [-0.15, -0.1) is 0 Å². The lowest BCUT2D eigenvalue weighted by Gasteiger charge is -2.35. The third kappa shape index (κ3) is 6.59. The number of aromatic nitrogens is 3. The molecule has 1 aliphatic heterocycles. The number of aryl methyl sites for hydroxylation is 2. The predicted molar refractivity (Wildman–Crippen MR) is 140 cm³/mol. The third-order valence-corrected chi connectivity index (χ3v) is 6.82. The summed E-state index contributed by atoms with van der Waals surface area (Å²) in [5.74, 6) is 1.74. The molecular formula is C23H27ClN8O3S. The van der Waals surface area contributed by atoms with Gasteiger partial charge in [0.25, 0.3) is 5.91 Å². The lowest BCUT2D eigenvalue weighted by molar-refractivity contribution is 0.103. The zero-order chi connectivity index (χ0) is 25.7. The van der Waals surface area contributed by atoms with Crippen molar-refractivity contribution in [3.05, 3.63) is 51.7 Å². The van der Waals surface area contributed by atoms with E-state index >= 15 is 0 Å². The summed E-state index contributed by atoms with van der Waals surface area (Å²) in [7, 11) is 0. The molecule has 0 saturated carbocycles. The molecule has 11 nitrogen and oxygen atoms in total. The Balaban J connectivity index is 1.37. The SMILES string of the molecule is Cc1nc(Nc2ncc(C(=O)Nc3c(C)cccc3Cl)s2)cc(N2CCN(CCOC(N)=O)CC2)n1. The number of para-hydroxylation sites is 1. The Morgan fingerprint density at radius 3 is 2.69 bits per heavy atom. The lowest BCUT2D eigenvalue weighted by atomic mass is 10.2. The minimum absolute atomic E-state index is 0.280. The van der Waals surface area contributed by atoms with Crippen molar-refractivity contribution in [2.24, 2.45) is 5.73 Å². The van der Waals surface area contributed by atoms with Crippen LogP contribution in [0.15, 0.2) is 30.5 Å². The predicted octanol–water partition coefficient (Wildman–Crippen LogP) is 3.42. The zero-order valence-electron chi connectivity index (χ0n) is 20.0. The van der Waals surface area contributed by atoms with Crippen molar-refractivity contribution >= 4 is 57.4 Å². The van der Waals surface area contributed by atoms with Gasteiger partial charge in [-0.3, -0.25) is 9.69 Å². The smallest absolute Gasteiger partial charge is 0.404 e. The van der Waals surface area contributed by atoms with Gasteiger partial charge < -0.3 is 26.0 Å². The molecule has 3 heterocycles. The highest BCUT2D eigenvalue weighted by atomic mass is 35.5. The number of piperazine rings is 1. The van der Waals surface area contributed by atoms with Crippen molar-refractivity contribution in [3.8, 4) is 0 Å². The number of nitrogens with two attached hydrogens (primary N) is 1. The molecule has 1 fully saturated rings. The molecule has 0 atom stereocenters. The van der Waals surface area contributed by atoms with Gasteiger partial charge in [0.1, 0.15) is 28.9 Å². The van der Waals surface area contributed by atoms with E-state index in [4.69, 9.17) is 22.1 Å². The van der Waals surface area contributed by atoms with E-state index < -0.39 is 6.09 Å².